The fraction of sp³-hybridized carbons (Fsp3) is 0.366. The number of nitrogens with one attached hydrogen (secondary N) is 1. The Morgan fingerprint density at radius 1 is 0.667 bits per heavy atom. The summed E-state index contributed by atoms with van der Waals surface area (Å²) in [5, 5.41) is 34.6. The Morgan fingerprint density at radius 3 is 1.65 bits per heavy atom. The standard InChI is InChI=1S/C21H22N5O.C10H8.2C3H8.2C2H6.Y/c1-5-23-16-6-8-18-15(12-16)10-14(3)20(21(18)27)26-24-17-7-9-19(25-22-4)13(2)11-17;1-2-6-10-8-4-3-7-9(10)5-1;2*1-3-2;2*1-2;/h6,8-12,23,27H,5H2,1-4H3;1-8H;2*3H2,1-2H3;2*1-2H3;/q-1;;;;;;. The number of fused-ring (bicyclic) bond motifs is 2. The minimum Gasteiger partial charge on any atom is -0.505 e. The number of azo groups is 2. The normalized spacial score (nSPS) is 9.67. The maximum atomic E-state index is 10.7. The van der Waals surface area contributed by atoms with Crippen LogP contribution in [0.4, 0.5) is 22.7 Å². The van der Waals surface area contributed by atoms with Crippen molar-refractivity contribution in [3.05, 3.63) is 102 Å². The molecule has 0 heterocycles. The largest absolute Gasteiger partial charge is 0.505 e. The van der Waals surface area contributed by atoms with Crippen molar-refractivity contribution in [1.82, 2.24) is 0 Å². The molecule has 5 rings (SSSR count). The first-order valence-corrected chi connectivity index (χ1v) is 17.0. The van der Waals surface area contributed by atoms with Crippen molar-refractivity contribution >= 4 is 44.3 Å². The minimum absolute atomic E-state index is 0. The van der Waals surface area contributed by atoms with Gasteiger partial charge in [0.15, 0.2) is 5.75 Å². The number of hydrogen-bond donors (Lipinski definition) is 2. The SMILES string of the molecule is CC.CC.CCC.CCC.CCNc1ccc2c(O)c(N=Nc3[c-]cc(N=NC)c(C)c3)c(C)cc2c1.[Y].c1ccc2ccccc2c1. The minimum atomic E-state index is 0. The summed E-state index contributed by atoms with van der Waals surface area (Å²) >= 11 is 0. The maximum absolute atomic E-state index is 10.7. The Labute approximate surface area is 316 Å². The van der Waals surface area contributed by atoms with Crippen LogP contribution in [-0.2, 0) is 32.7 Å². The van der Waals surface area contributed by atoms with Gasteiger partial charge in [-0.15, -0.1) is 22.8 Å². The van der Waals surface area contributed by atoms with Crippen LogP contribution in [0.2, 0.25) is 0 Å². The molecule has 0 saturated heterocycles. The molecule has 0 atom stereocenters. The monoisotopic (exact) mass is 725 g/mol. The molecule has 0 aliphatic rings. The van der Waals surface area contributed by atoms with Gasteiger partial charge in [0.2, 0.25) is 0 Å². The fourth-order valence-electron chi connectivity index (χ4n) is 4.04. The zero-order chi connectivity index (χ0) is 35.6. The molecule has 1 radical (unpaired) electrons. The van der Waals surface area contributed by atoms with Crippen LogP contribution in [0.3, 0.4) is 0 Å². The first kappa shape index (κ1) is 46.6. The van der Waals surface area contributed by atoms with Crippen molar-refractivity contribution < 1.29 is 37.8 Å². The van der Waals surface area contributed by atoms with E-state index in [9.17, 15) is 5.11 Å². The van der Waals surface area contributed by atoms with Crippen LogP contribution in [0.25, 0.3) is 21.5 Å². The molecule has 5 aromatic carbocycles. The molecule has 0 aliphatic heterocycles. The summed E-state index contributed by atoms with van der Waals surface area (Å²) in [6.07, 6.45) is 2.50. The van der Waals surface area contributed by atoms with Gasteiger partial charge in [-0.3, -0.25) is 0 Å². The number of aryl methyl sites for hydroxylation is 2. The van der Waals surface area contributed by atoms with E-state index in [2.05, 4.69) is 108 Å². The molecule has 2 N–H and O–H groups in total. The molecule has 0 bridgehead atoms. The van der Waals surface area contributed by atoms with Gasteiger partial charge in [0.05, 0.1) is 0 Å². The average Bonchev–Trinajstić information content (AvgIpc) is 3.09. The van der Waals surface area contributed by atoms with E-state index in [0.29, 0.717) is 11.4 Å². The number of phenols is 1. The van der Waals surface area contributed by atoms with E-state index >= 15 is 0 Å². The van der Waals surface area contributed by atoms with Gasteiger partial charge in [-0.05, 0) is 71.2 Å². The maximum Gasteiger partial charge on any atom is 0.151 e. The summed E-state index contributed by atoms with van der Waals surface area (Å²) < 4.78 is 0. The van der Waals surface area contributed by atoms with Crippen LogP contribution in [0, 0.1) is 19.9 Å². The Kier molecular flexibility index (Phi) is 27.7. The van der Waals surface area contributed by atoms with Gasteiger partial charge in [-0.1, -0.05) is 124 Å². The topological polar surface area (TPSA) is 81.7 Å². The molecule has 0 fully saturated rings. The second-order valence-electron chi connectivity index (χ2n) is 10.0. The molecule has 48 heavy (non-hydrogen) atoms. The van der Waals surface area contributed by atoms with Crippen molar-refractivity contribution in [2.24, 2.45) is 20.5 Å². The molecule has 0 aromatic heterocycles. The van der Waals surface area contributed by atoms with Crippen LogP contribution < -0.4 is 5.32 Å². The van der Waals surface area contributed by atoms with Crippen molar-refractivity contribution in [3.8, 4) is 5.75 Å². The van der Waals surface area contributed by atoms with Gasteiger partial charge in [-0.25, -0.2) is 10.2 Å². The molecule has 0 unspecified atom stereocenters. The van der Waals surface area contributed by atoms with Crippen molar-refractivity contribution in [2.75, 3.05) is 18.9 Å². The Hall–Kier alpha value is -3.48. The van der Waals surface area contributed by atoms with Gasteiger partial charge in [0.25, 0.3) is 0 Å². The first-order valence-electron chi connectivity index (χ1n) is 17.0. The van der Waals surface area contributed by atoms with Gasteiger partial charge < -0.3 is 10.4 Å². The van der Waals surface area contributed by atoms with Crippen LogP contribution in [0.5, 0.6) is 5.75 Å². The summed E-state index contributed by atoms with van der Waals surface area (Å²) in [6, 6.07) is 31.2. The number of rotatable bonds is 5. The summed E-state index contributed by atoms with van der Waals surface area (Å²) in [6.45, 7) is 23.2. The number of benzene rings is 5. The van der Waals surface area contributed by atoms with Crippen LogP contribution in [0.1, 0.15) is 86.3 Å². The molecule has 7 heteroatoms. The quantitative estimate of drug-likeness (QED) is 0.140. The van der Waals surface area contributed by atoms with E-state index in [0.717, 1.165) is 39.8 Å². The van der Waals surface area contributed by atoms with Crippen LogP contribution in [-0.4, -0.2) is 18.7 Å². The fourth-order valence-corrected chi connectivity index (χ4v) is 4.04. The molecule has 0 saturated carbocycles. The summed E-state index contributed by atoms with van der Waals surface area (Å²) in [5.74, 6) is 0.130. The molecule has 0 aliphatic carbocycles. The third kappa shape index (κ3) is 16.1. The molecule has 0 spiro atoms. The molecule has 5 aromatic rings. The zero-order valence-corrected chi connectivity index (χ0v) is 34.4. The van der Waals surface area contributed by atoms with Crippen molar-refractivity contribution in [3.63, 3.8) is 0 Å². The van der Waals surface area contributed by atoms with Crippen LogP contribution >= 0.6 is 0 Å². The smallest absolute Gasteiger partial charge is 0.151 e. The second kappa shape index (κ2) is 28.5. The first-order chi connectivity index (χ1) is 22.8. The zero-order valence-electron chi connectivity index (χ0n) is 31.5. The van der Waals surface area contributed by atoms with Gasteiger partial charge in [-0.2, -0.15) is 11.2 Å². The van der Waals surface area contributed by atoms with E-state index in [1.54, 1.807) is 13.1 Å². The number of anilines is 1. The van der Waals surface area contributed by atoms with E-state index in [4.69, 9.17) is 0 Å². The number of phenolic OH excluding ortho intramolecular Hbond substituents is 1. The molecule has 257 valence electrons. The molecular weight excluding hydrogens is 667 g/mol. The van der Waals surface area contributed by atoms with Crippen molar-refractivity contribution in [2.45, 2.75) is 89.0 Å². The summed E-state index contributed by atoms with van der Waals surface area (Å²) in [5.41, 5.74) is 4.59. The van der Waals surface area contributed by atoms with E-state index < -0.39 is 0 Å². The van der Waals surface area contributed by atoms with Gasteiger partial charge in [0.1, 0.15) is 5.69 Å². The van der Waals surface area contributed by atoms with Crippen LogP contribution in [0.15, 0.2) is 105 Å². The molecule has 6 nitrogen and oxygen atoms in total. The number of hydrogen-bond acceptors (Lipinski definition) is 6. The predicted octanol–water partition coefficient (Wildman–Crippen LogP) is 14.2. The average molecular weight is 726 g/mol. The number of aromatic hydroxyl groups is 1. The summed E-state index contributed by atoms with van der Waals surface area (Å²) in [4.78, 5) is 0. The molecule has 0 amide bonds. The van der Waals surface area contributed by atoms with Gasteiger partial charge in [0, 0.05) is 57.4 Å². The van der Waals surface area contributed by atoms with Gasteiger partial charge >= 0.3 is 0 Å². The Bertz CT molecular complexity index is 1570. The third-order valence-electron chi connectivity index (χ3n) is 5.90. The third-order valence-corrected chi connectivity index (χ3v) is 5.90. The molecular formula is C41H58N5OY-. The van der Waals surface area contributed by atoms with E-state index in [-0.39, 0.29) is 38.5 Å². The van der Waals surface area contributed by atoms with E-state index in [1.165, 1.54) is 23.6 Å². The Morgan fingerprint density at radius 2 is 1.19 bits per heavy atom. The number of nitrogens with zero attached hydrogens (tertiary/aromatic N) is 4. The second-order valence-corrected chi connectivity index (χ2v) is 10.0. The van der Waals surface area contributed by atoms with Crippen molar-refractivity contribution in [1.29, 1.82) is 0 Å². The predicted molar refractivity (Wildman–Crippen MR) is 208 cm³/mol. The Balaban J connectivity index is 0. The van der Waals surface area contributed by atoms with E-state index in [1.807, 2.05) is 78.8 Å². The summed E-state index contributed by atoms with van der Waals surface area (Å²) in [7, 11) is 1.62.